The van der Waals surface area contributed by atoms with E-state index in [0.717, 1.165) is 4.31 Å². The molecule has 1 aliphatic heterocycles. The number of sulfonamides is 1. The Kier molecular flexibility index (Phi) is 4.06. The van der Waals surface area contributed by atoms with Crippen molar-refractivity contribution in [3.63, 3.8) is 0 Å². The lowest BCUT2D eigenvalue weighted by atomic mass is 10.1. The standard InChI is InChI=1S/C16H15N3O4S/c1-2-15(20)11-4-3-5-12(8-11)24(22,23)19-10-16(21)18-13-9-17-7-6-14(13)19/h3-9H,2,10H2,1H3,(H,18,21). The van der Waals surface area contributed by atoms with Gasteiger partial charge in [0, 0.05) is 18.2 Å². The van der Waals surface area contributed by atoms with E-state index in [4.69, 9.17) is 0 Å². The van der Waals surface area contributed by atoms with Gasteiger partial charge in [-0.1, -0.05) is 19.1 Å². The minimum atomic E-state index is -3.98. The van der Waals surface area contributed by atoms with Gasteiger partial charge < -0.3 is 5.32 Å². The number of anilines is 2. The first-order chi connectivity index (χ1) is 11.4. The maximum absolute atomic E-state index is 13.0. The lowest BCUT2D eigenvalue weighted by molar-refractivity contribution is -0.115. The molecule has 0 atom stereocenters. The second kappa shape index (κ2) is 6.04. The average Bonchev–Trinajstić information content (AvgIpc) is 2.60. The van der Waals surface area contributed by atoms with Crippen molar-refractivity contribution in [2.45, 2.75) is 18.2 Å². The third kappa shape index (κ3) is 2.76. The van der Waals surface area contributed by atoms with E-state index in [1.54, 1.807) is 13.0 Å². The molecule has 0 saturated carbocycles. The van der Waals surface area contributed by atoms with E-state index in [0.29, 0.717) is 16.9 Å². The van der Waals surface area contributed by atoms with Crippen molar-refractivity contribution >= 4 is 33.1 Å². The number of rotatable bonds is 4. The summed E-state index contributed by atoms with van der Waals surface area (Å²) in [6.45, 7) is 1.38. The zero-order valence-corrected chi connectivity index (χ0v) is 13.7. The number of carbonyl (C=O) groups is 2. The number of amides is 1. The van der Waals surface area contributed by atoms with Gasteiger partial charge in [0.05, 0.1) is 22.5 Å². The highest BCUT2D eigenvalue weighted by Gasteiger charge is 2.32. The van der Waals surface area contributed by atoms with Crippen LogP contribution in [0.3, 0.4) is 0 Å². The Bertz CT molecular complexity index is 924. The summed E-state index contributed by atoms with van der Waals surface area (Å²) in [4.78, 5) is 27.5. The van der Waals surface area contributed by atoms with Crippen molar-refractivity contribution in [1.82, 2.24) is 4.98 Å². The van der Waals surface area contributed by atoms with Crippen LogP contribution in [0.5, 0.6) is 0 Å². The molecule has 1 N–H and O–H groups in total. The number of nitrogens with one attached hydrogen (secondary N) is 1. The van der Waals surface area contributed by atoms with Gasteiger partial charge >= 0.3 is 0 Å². The van der Waals surface area contributed by atoms with Gasteiger partial charge in [-0.3, -0.25) is 18.9 Å². The quantitative estimate of drug-likeness (QED) is 0.853. The largest absolute Gasteiger partial charge is 0.321 e. The van der Waals surface area contributed by atoms with Crippen molar-refractivity contribution in [2.75, 3.05) is 16.2 Å². The molecule has 0 unspecified atom stereocenters. The summed E-state index contributed by atoms with van der Waals surface area (Å²) in [6, 6.07) is 7.37. The van der Waals surface area contributed by atoms with E-state index >= 15 is 0 Å². The minimum absolute atomic E-state index is 0.0285. The van der Waals surface area contributed by atoms with Crippen LogP contribution < -0.4 is 9.62 Å². The molecule has 0 fully saturated rings. The molecule has 8 heteroatoms. The smallest absolute Gasteiger partial charge is 0.264 e. The Morgan fingerprint density at radius 2 is 2.12 bits per heavy atom. The van der Waals surface area contributed by atoms with Gasteiger partial charge in [-0.2, -0.15) is 0 Å². The molecule has 7 nitrogen and oxygen atoms in total. The number of hydrogen-bond donors (Lipinski definition) is 1. The summed E-state index contributed by atoms with van der Waals surface area (Å²) in [5.41, 5.74) is 1.00. The molecule has 1 aliphatic rings. The Balaban J connectivity index is 2.09. The molecule has 0 bridgehead atoms. The lowest BCUT2D eigenvalue weighted by Crippen LogP contribution is -2.42. The van der Waals surface area contributed by atoms with E-state index < -0.39 is 15.9 Å². The van der Waals surface area contributed by atoms with E-state index in [1.807, 2.05) is 0 Å². The Labute approximate surface area is 139 Å². The highest BCUT2D eigenvalue weighted by Crippen LogP contribution is 2.32. The predicted octanol–water partition coefficient (Wildman–Crippen LogP) is 1.82. The fourth-order valence-corrected chi connectivity index (χ4v) is 3.97. The van der Waals surface area contributed by atoms with E-state index in [2.05, 4.69) is 10.3 Å². The Morgan fingerprint density at radius 3 is 2.88 bits per heavy atom. The number of hydrogen-bond acceptors (Lipinski definition) is 5. The predicted molar refractivity (Wildman–Crippen MR) is 88.5 cm³/mol. The lowest BCUT2D eigenvalue weighted by Gasteiger charge is -2.29. The first-order valence-electron chi connectivity index (χ1n) is 7.33. The van der Waals surface area contributed by atoms with Gasteiger partial charge in [0.15, 0.2) is 5.78 Å². The summed E-state index contributed by atoms with van der Waals surface area (Å²) in [5, 5.41) is 2.59. The van der Waals surface area contributed by atoms with E-state index in [1.165, 1.54) is 36.7 Å². The number of carbonyl (C=O) groups excluding carboxylic acids is 2. The molecule has 0 saturated heterocycles. The second-order valence-corrected chi connectivity index (χ2v) is 7.12. The van der Waals surface area contributed by atoms with Crippen molar-refractivity contribution in [3.8, 4) is 0 Å². The second-order valence-electron chi connectivity index (χ2n) is 5.26. The SMILES string of the molecule is CCC(=O)c1cccc(S(=O)(=O)N2CC(=O)Nc3cnccc32)c1. The molecule has 1 aromatic carbocycles. The first kappa shape index (κ1) is 16.1. The van der Waals surface area contributed by atoms with Gasteiger partial charge in [-0.05, 0) is 18.2 Å². The monoisotopic (exact) mass is 345 g/mol. The molecule has 0 spiro atoms. The van der Waals surface area contributed by atoms with Crippen molar-refractivity contribution in [3.05, 3.63) is 48.3 Å². The highest BCUT2D eigenvalue weighted by atomic mass is 32.2. The van der Waals surface area contributed by atoms with Crippen molar-refractivity contribution < 1.29 is 18.0 Å². The van der Waals surface area contributed by atoms with E-state index in [9.17, 15) is 18.0 Å². The van der Waals surface area contributed by atoms with Crippen molar-refractivity contribution in [1.29, 1.82) is 0 Å². The Morgan fingerprint density at radius 1 is 1.33 bits per heavy atom. The minimum Gasteiger partial charge on any atom is -0.321 e. The first-order valence-corrected chi connectivity index (χ1v) is 8.77. The van der Waals surface area contributed by atoms with Gasteiger partial charge in [0.1, 0.15) is 6.54 Å². The molecule has 2 aromatic rings. The van der Waals surface area contributed by atoms with Crippen LogP contribution in [-0.2, 0) is 14.8 Å². The van der Waals surface area contributed by atoms with Crippen LogP contribution in [0.25, 0.3) is 0 Å². The summed E-state index contributed by atoms with van der Waals surface area (Å²) < 4.78 is 27.0. The van der Waals surface area contributed by atoms with Crippen LogP contribution in [0.4, 0.5) is 11.4 Å². The molecular weight excluding hydrogens is 330 g/mol. The third-order valence-corrected chi connectivity index (χ3v) is 5.45. The van der Waals surface area contributed by atoms with Gasteiger partial charge in [-0.25, -0.2) is 8.42 Å². The summed E-state index contributed by atoms with van der Waals surface area (Å²) in [7, 11) is -3.98. The average molecular weight is 345 g/mol. The van der Waals surface area contributed by atoms with Gasteiger partial charge in [0.25, 0.3) is 10.0 Å². The Hall–Kier alpha value is -2.74. The van der Waals surface area contributed by atoms with Crippen LogP contribution in [-0.4, -0.2) is 31.6 Å². The number of nitrogens with zero attached hydrogens (tertiary/aromatic N) is 2. The summed E-state index contributed by atoms with van der Waals surface area (Å²) >= 11 is 0. The fourth-order valence-electron chi connectivity index (χ4n) is 2.48. The maximum Gasteiger partial charge on any atom is 0.264 e. The number of fused-ring (bicyclic) bond motifs is 1. The van der Waals surface area contributed by atoms with Crippen LogP contribution >= 0.6 is 0 Å². The molecular formula is C16H15N3O4S. The molecule has 2 heterocycles. The fraction of sp³-hybridized carbons (Fsp3) is 0.188. The van der Waals surface area contributed by atoms with Crippen LogP contribution in [0.15, 0.2) is 47.6 Å². The summed E-state index contributed by atoms with van der Waals surface area (Å²) in [6.07, 6.45) is 3.13. The highest BCUT2D eigenvalue weighted by molar-refractivity contribution is 7.92. The number of aromatic nitrogens is 1. The maximum atomic E-state index is 13.0. The van der Waals surface area contributed by atoms with Crippen LogP contribution in [0.2, 0.25) is 0 Å². The van der Waals surface area contributed by atoms with Crippen molar-refractivity contribution in [2.24, 2.45) is 0 Å². The number of pyridine rings is 1. The van der Waals surface area contributed by atoms with Gasteiger partial charge in [0.2, 0.25) is 5.91 Å². The topological polar surface area (TPSA) is 96.4 Å². The normalized spacial score (nSPS) is 14.0. The molecule has 24 heavy (non-hydrogen) atoms. The zero-order valence-electron chi connectivity index (χ0n) is 12.9. The number of benzene rings is 1. The number of Topliss-reactive ketones (excluding diaryl/α,β-unsaturated/α-hetero) is 1. The third-order valence-electron chi connectivity index (χ3n) is 3.69. The van der Waals surface area contributed by atoms with Gasteiger partial charge in [-0.15, -0.1) is 0 Å². The summed E-state index contributed by atoms with van der Waals surface area (Å²) in [5.74, 6) is -0.590. The zero-order chi connectivity index (χ0) is 17.3. The molecule has 1 amide bonds. The van der Waals surface area contributed by atoms with Crippen LogP contribution in [0.1, 0.15) is 23.7 Å². The molecule has 1 aromatic heterocycles. The number of ketones is 1. The van der Waals surface area contributed by atoms with Crippen LogP contribution in [0, 0.1) is 0 Å². The van der Waals surface area contributed by atoms with E-state index in [-0.39, 0.29) is 23.6 Å². The molecule has 0 aliphatic carbocycles. The molecule has 124 valence electrons. The molecule has 3 rings (SSSR count). The molecule has 0 radical (unpaired) electrons.